The van der Waals surface area contributed by atoms with Gasteiger partial charge in [-0.15, -0.1) is 0 Å². The average Bonchev–Trinajstić information content (AvgIpc) is 2.47. The third-order valence-corrected chi connectivity index (χ3v) is 2.61. The Morgan fingerprint density at radius 1 is 1.54 bits per heavy atom. The van der Waals surface area contributed by atoms with Gasteiger partial charge in [0.15, 0.2) is 0 Å². The molecule has 0 aliphatic rings. The first-order valence-electron chi connectivity index (χ1n) is 4.14. The molecule has 0 spiro atoms. The zero-order valence-corrected chi connectivity index (χ0v) is 9.22. The highest BCUT2D eigenvalue weighted by atomic mass is 79.9. The van der Waals surface area contributed by atoms with E-state index < -0.39 is 0 Å². The second kappa shape index (κ2) is 3.10. The summed E-state index contributed by atoms with van der Waals surface area (Å²) in [5.74, 6) is 0.909. The molecular formula is C9H11BrN3+. The van der Waals surface area contributed by atoms with Crippen molar-refractivity contribution in [2.75, 3.05) is 0 Å². The summed E-state index contributed by atoms with van der Waals surface area (Å²) >= 11 is 3.41. The van der Waals surface area contributed by atoms with Crippen LogP contribution >= 0.6 is 15.9 Å². The van der Waals surface area contributed by atoms with Crippen LogP contribution in [0.15, 0.2) is 12.3 Å². The van der Waals surface area contributed by atoms with Crippen molar-refractivity contribution in [3.63, 3.8) is 0 Å². The Hall–Kier alpha value is -0.900. The molecule has 2 aromatic heterocycles. The van der Waals surface area contributed by atoms with Crippen molar-refractivity contribution in [1.82, 2.24) is 9.97 Å². The number of aryl methyl sites for hydroxylation is 2. The molecule has 68 valence electrons. The van der Waals surface area contributed by atoms with E-state index in [1.54, 1.807) is 0 Å². The molecule has 2 aromatic rings. The predicted molar refractivity (Wildman–Crippen MR) is 53.9 cm³/mol. The summed E-state index contributed by atoms with van der Waals surface area (Å²) in [5, 5.41) is 0.828. The van der Waals surface area contributed by atoms with Gasteiger partial charge >= 0.3 is 5.78 Å². The van der Waals surface area contributed by atoms with Crippen LogP contribution in [-0.4, -0.2) is 9.97 Å². The molecule has 0 radical (unpaired) electrons. The number of halogens is 1. The van der Waals surface area contributed by atoms with Crippen LogP contribution in [0, 0.1) is 13.8 Å². The molecule has 0 aromatic carbocycles. The molecule has 0 bridgehead atoms. The van der Waals surface area contributed by atoms with Crippen molar-refractivity contribution in [1.29, 1.82) is 0 Å². The Bertz CT molecular complexity index is 447. The molecule has 13 heavy (non-hydrogen) atoms. The Balaban J connectivity index is 2.75. The summed E-state index contributed by atoms with van der Waals surface area (Å²) in [6.45, 7) is 4.08. The summed E-state index contributed by atoms with van der Waals surface area (Å²) in [6.07, 6.45) is 2.06. The quantitative estimate of drug-likeness (QED) is 0.597. The number of rotatable bonds is 1. The number of hydrogen-bond acceptors (Lipinski definition) is 1. The highest BCUT2D eigenvalue weighted by molar-refractivity contribution is 9.08. The molecule has 0 saturated carbocycles. The maximum atomic E-state index is 4.39. The first-order valence-corrected chi connectivity index (χ1v) is 5.26. The fourth-order valence-corrected chi connectivity index (χ4v) is 1.73. The normalized spacial score (nSPS) is 11.0. The average molecular weight is 241 g/mol. The molecular weight excluding hydrogens is 230 g/mol. The van der Waals surface area contributed by atoms with Crippen LogP contribution < -0.4 is 4.40 Å². The van der Waals surface area contributed by atoms with Crippen molar-refractivity contribution < 1.29 is 4.40 Å². The fraction of sp³-hybridized carbons (Fsp3) is 0.333. The Kier molecular flexibility index (Phi) is 2.07. The topological polar surface area (TPSA) is 32.8 Å². The summed E-state index contributed by atoms with van der Waals surface area (Å²) in [4.78, 5) is 7.62. The zero-order valence-electron chi connectivity index (χ0n) is 7.63. The number of nitrogens with one attached hydrogen (secondary N) is 1. The van der Waals surface area contributed by atoms with Gasteiger partial charge in [0.05, 0.1) is 11.0 Å². The molecule has 0 amide bonds. The van der Waals surface area contributed by atoms with Gasteiger partial charge in [-0.25, -0.2) is 9.38 Å². The third kappa shape index (κ3) is 1.46. The summed E-state index contributed by atoms with van der Waals surface area (Å²) in [6, 6.07) is 2.07. The molecule has 3 nitrogen and oxygen atoms in total. The molecule has 2 heterocycles. The fourth-order valence-electron chi connectivity index (χ4n) is 1.44. The Morgan fingerprint density at radius 2 is 2.31 bits per heavy atom. The SMILES string of the molecule is Cc1cc(C)[n+]2cc(CBr)[nH]c2n1. The van der Waals surface area contributed by atoms with Crippen LogP contribution in [0.4, 0.5) is 0 Å². The monoisotopic (exact) mass is 240 g/mol. The maximum Gasteiger partial charge on any atom is 0.401 e. The predicted octanol–water partition coefficient (Wildman–Crippen LogP) is 1.66. The van der Waals surface area contributed by atoms with E-state index in [0.717, 1.165) is 22.5 Å². The second-order valence-electron chi connectivity index (χ2n) is 3.15. The Morgan fingerprint density at radius 3 is 3.00 bits per heavy atom. The number of hydrogen-bond donors (Lipinski definition) is 1. The van der Waals surface area contributed by atoms with Gasteiger partial charge in [0.2, 0.25) is 0 Å². The molecule has 0 atom stereocenters. The third-order valence-electron chi connectivity index (χ3n) is 2.01. The van der Waals surface area contributed by atoms with E-state index in [2.05, 4.69) is 49.5 Å². The molecule has 4 heteroatoms. The van der Waals surface area contributed by atoms with Gasteiger partial charge in [-0.2, -0.15) is 0 Å². The van der Waals surface area contributed by atoms with Crippen LogP contribution in [0.25, 0.3) is 5.78 Å². The lowest BCUT2D eigenvalue weighted by atomic mass is 10.3. The zero-order chi connectivity index (χ0) is 9.42. The minimum absolute atomic E-state index is 0.828. The molecule has 0 unspecified atom stereocenters. The molecule has 0 saturated heterocycles. The van der Waals surface area contributed by atoms with Gasteiger partial charge in [-0.05, 0) is 13.8 Å². The summed E-state index contributed by atoms with van der Waals surface area (Å²) in [5.41, 5.74) is 3.38. The molecule has 1 N–H and O–H groups in total. The van der Waals surface area contributed by atoms with E-state index in [4.69, 9.17) is 0 Å². The lowest BCUT2D eigenvalue weighted by molar-refractivity contribution is -0.520. The molecule has 0 fully saturated rings. The van der Waals surface area contributed by atoms with E-state index in [1.165, 1.54) is 5.69 Å². The molecule has 2 rings (SSSR count). The Labute approximate surface area is 85.0 Å². The second-order valence-corrected chi connectivity index (χ2v) is 3.71. The smallest absolute Gasteiger partial charge is 0.242 e. The highest BCUT2D eigenvalue weighted by Gasteiger charge is 2.11. The van der Waals surface area contributed by atoms with Crippen molar-refractivity contribution in [2.24, 2.45) is 0 Å². The highest BCUT2D eigenvalue weighted by Crippen LogP contribution is 2.03. The lowest BCUT2D eigenvalue weighted by Crippen LogP contribution is -2.24. The number of aromatic amines is 1. The standard InChI is InChI=1S/C9H10BrN3/c1-6-3-7(2)13-5-8(4-10)12-9(13)11-6/h3,5H,4H2,1-2H3/p+1. The van der Waals surface area contributed by atoms with E-state index in [9.17, 15) is 0 Å². The van der Waals surface area contributed by atoms with Gasteiger partial charge in [0.1, 0.15) is 17.6 Å². The van der Waals surface area contributed by atoms with Gasteiger partial charge in [-0.1, -0.05) is 20.9 Å². The van der Waals surface area contributed by atoms with E-state index in [1.807, 2.05) is 6.92 Å². The van der Waals surface area contributed by atoms with Crippen molar-refractivity contribution >= 4 is 21.7 Å². The summed E-state index contributed by atoms with van der Waals surface area (Å²) in [7, 11) is 0. The maximum absolute atomic E-state index is 4.39. The minimum Gasteiger partial charge on any atom is -0.242 e. The molecule has 0 aliphatic carbocycles. The van der Waals surface area contributed by atoms with Crippen LogP contribution in [-0.2, 0) is 5.33 Å². The van der Waals surface area contributed by atoms with Gasteiger partial charge in [0, 0.05) is 6.07 Å². The number of imidazole rings is 1. The largest absolute Gasteiger partial charge is 0.401 e. The number of nitrogens with zero attached hydrogens (tertiary/aromatic N) is 2. The van der Waals surface area contributed by atoms with Crippen molar-refractivity contribution in [3.8, 4) is 0 Å². The van der Waals surface area contributed by atoms with Crippen molar-refractivity contribution in [3.05, 3.63) is 29.3 Å². The van der Waals surface area contributed by atoms with Gasteiger partial charge in [-0.3, -0.25) is 0 Å². The van der Waals surface area contributed by atoms with E-state index in [-0.39, 0.29) is 0 Å². The minimum atomic E-state index is 0.828. The van der Waals surface area contributed by atoms with Crippen LogP contribution in [0.3, 0.4) is 0 Å². The summed E-state index contributed by atoms with van der Waals surface area (Å²) < 4.78 is 2.06. The first kappa shape index (κ1) is 8.69. The van der Waals surface area contributed by atoms with E-state index >= 15 is 0 Å². The number of H-pyrrole nitrogens is 1. The van der Waals surface area contributed by atoms with Crippen molar-refractivity contribution in [2.45, 2.75) is 19.2 Å². The number of aromatic nitrogens is 3. The van der Waals surface area contributed by atoms with Crippen LogP contribution in [0.2, 0.25) is 0 Å². The number of fused-ring (bicyclic) bond motifs is 1. The van der Waals surface area contributed by atoms with Gasteiger partial charge in [0.25, 0.3) is 0 Å². The lowest BCUT2D eigenvalue weighted by Gasteiger charge is -1.90. The molecule has 0 aliphatic heterocycles. The van der Waals surface area contributed by atoms with Crippen LogP contribution in [0.1, 0.15) is 17.1 Å². The van der Waals surface area contributed by atoms with E-state index in [0.29, 0.717) is 0 Å². The number of alkyl halides is 1. The first-order chi connectivity index (χ1) is 6.20. The van der Waals surface area contributed by atoms with Gasteiger partial charge < -0.3 is 0 Å². The van der Waals surface area contributed by atoms with Crippen LogP contribution in [0.5, 0.6) is 0 Å².